The lowest BCUT2D eigenvalue weighted by Gasteiger charge is -2.26. The molecule has 0 unspecified atom stereocenters. The fraction of sp³-hybridized carbons (Fsp3) is 0.533. The van der Waals surface area contributed by atoms with Crippen molar-refractivity contribution in [3.8, 4) is 5.75 Å². The van der Waals surface area contributed by atoms with Gasteiger partial charge in [0.1, 0.15) is 5.75 Å². The molecule has 0 radical (unpaired) electrons. The number of hydrogen-bond acceptors (Lipinski definition) is 4. The van der Waals surface area contributed by atoms with Crippen molar-refractivity contribution in [3.63, 3.8) is 0 Å². The number of benzene rings is 1. The quantitative estimate of drug-likeness (QED) is 0.739. The van der Waals surface area contributed by atoms with E-state index < -0.39 is 0 Å². The van der Waals surface area contributed by atoms with Crippen LogP contribution in [0.15, 0.2) is 24.3 Å². The molecule has 0 fully saturated rings. The molecule has 0 aliphatic carbocycles. The normalized spacial score (nSPS) is 10.6. The average molecular weight is 280 g/mol. The number of carbonyl (C=O) groups excluding carboxylic acids is 1. The number of ether oxygens (including phenoxy) is 2. The van der Waals surface area contributed by atoms with E-state index >= 15 is 0 Å². The molecule has 0 atom stereocenters. The van der Waals surface area contributed by atoms with Gasteiger partial charge in [-0.15, -0.1) is 0 Å². The number of nitrogens with zero attached hydrogens (tertiary/aromatic N) is 1. The van der Waals surface area contributed by atoms with Crippen LogP contribution in [0.4, 0.5) is 5.69 Å². The molecule has 2 N–H and O–H groups in total. The van der Waals surface area contributed by atoms with E-state index in [-0.39, 0.29) is 11.9 Å². The zero-order chi connectivity index (χ0) is 15.0. The Kier molecular flexibility index (Phi) is 6.87. The Bertz CT molecular complexity index is 421. The lowest BCUT2D eigenvalue weighted by atomic mass is 10.2. The number of anilines is 1. The van der Waals surface area contributed by atoms with Gasteiger partial charge in [0.2, 0.25) is 5.91 Å². The van der Waals surface area contributed by atoms with Crippen LogP contribution >= 0.6 is 0 Å². The molecule has 1 aromatic rings. The molecule has 0 aliphatic rings. The second-order valence-corrected chi connectivity index (χ2v) is 4.84. The van der Waals surface area contributed by atoms with Gasteiger partial charge in [0.25, 0.3) is 0 Å². The molecule has 5 heteroatoms. The Labute approximate surface area is 120 Å². The first-order chi connectivity index (χ1) is 9.54. The number of nitrogens with two attached hydrogens (primary N) is 1. The fourth-order valence-electron chi connectivity index (χ4n) is 1.86. The Morgan fingerprint density at radius 3 is 2.70 bits per heavy atom. The van der Waals surface area contributed by atoms with Gasteiger partial charge in [-0.3, -0.25) is 4.79 Å². The summed E-state index contributed by atoms with van der Waals surface area (Å²) in [4.78, 5) is 13.9. The van der Waals surface area contributed by atoms with Crippen LogP contribution in [0.3, 0.4) is 0 Å². The van der Waals surface area contributed by atoms with E-state index in [2.05, 4.69) is 0 Å². The molecule has 0 aliphatic heterocycles. The predicted octanol–water partition coefficient (Wildman–Crippen LogP) is 1.92. The lowest BCUT2D eigenvalue weighted by molar-refractivity contribution is -0.134. The molecule has 0 bridgehead atoms. The van der Waals surface area contributed by atoms with Crippen LogP contribution in [0.25, 0.3) is 0 Å². The largest absolute Gasteiger partial charge is 0.493 e. The summed E-state index contributed by atoms with van der Waals surface area (Å²) in [6.45, 7) is 5.47. The van der Waals surface area contributed by atoms with Gasteiger partial charge in [-0.2, -0.15) is 0 Å². The van der Waals surface area contributed by atoms with Crippen molar-refractivity contribution in [2.24, 2.45) is 0 Å². The third-order valence-electron chi connectivity index (χ3n) is 2.92. The summed E-state index contributed by atoms with van der Waals surface area (Å²) in [5.41, 5.74) is 6.31. The third-order valence-corrected chi connectivity index (χ3v) is 2.92. The average Bonchev–Trinajstić information content (AvgIpc) is 2.39. The number of hydrogen-bond donors (Lipinski definition) is 1. The Morgan fingerprint density at radius 2 is 2.10 bits per heavy atom. The Morgan fingerprint density at radius 1 is 1.35 bits per heavy atom. The summed E-state index contributed by atoms with van der Waals surface area (Å²) < 4.78 is 10.6. The first kappa shape index (κ1) is 16.3. The van der Waals surface area contributed by atoms with Gasteiger partial charge < -0.3 is 20.1 Å². The maximum Gasteiger partial charge on any atom is 0.226 e. The van der Waals surface area contributed by atoms with Gasteiger partial charge in [-0.05, 0) is 26.0 Å². The number of methoxy groups -OCH3 is 1. The molecular formula is C15H24N2O3. The minimum absolute atomic E-state index is 0.0703. The van der Waals surface area contributed by atoms with Crippen LogP contribution in [0.1, 0.15) is 20.3 Å². The van der Waals surface area contributed by atoms with Crippen LogP contribution in [0.2, 0.25) is 0 Å². The van der Waals surface area contributed by atoms with Gasteiger partial charge in [0, 0.05) is 31.5 Å². The van der Waals surface area contributed by atoms with Crippen molar-refractivity contribution >= 4 is 11.6 Å². The molecule has 5 nitrogen and oxygen atoms in total. The fourth-order valence-corrected chi connectivity index (χ4v) is 1.86. The summed E-state index contributed by atoms with van der Waals surface area (Å²) in [5, 5.41) is 0. The van der Waals surface area contributed by atoms with E-state index in [9.17, 15) is 4.79 Å². The Hall–Kier alpha value is -1.75. The van der Waals surface area contributed by atoms with Crippen LogP contribution < -0.4 is 10.5 Å². The van der Waals surface area contributed by atoms with Crippen molar-refractivity contribution < 1.29 is 14.3 Å². The first-order valence-electron chi connectivity index (χ1n) is 6.81. The first-order valence-corrected chi connectivity index (χ1v) is 6.81. The number of nitrogen functional groups attached to an aromatic ring is 1. The summed E-state index contributed by atoms with van der Waals surface area (Å²) in [6, 6.07) is 7.35. The summed E-state index contributed by atoms with van der Waals surface area (Å²) in [5.74, 6) is 0.756. The maximum atomic E-state index is 12.1. The van der Waals surface area contributed by atoms with E-state index in [1.54, 1.807) is 24.1 Å². The molecule has 1 aromatic carbocycles. The van der Waals surface area contributed by atoms with Crippen LogP contribution in [0, 0.1) is 0 Å². The highest BCUT2D eigenvalue weighted by atomic mass is 16.5. The van der Waals surface area contributed by atoms with E-state index in [0.29, 0.717) is 37.6 Å². The molecule has 1 rings (SSSR count). The monoisotopic (exact) mass is 280 g/mol. The standard InChI is InChI=1S/C15H24N2O3/c1-12(2)17(8-10-19-3)15(18)7-9-20-14-6-4-5-13(16)11-14/h4-6,11-12H,7-10,16H2,1-3H3. The maximum absolute atomic E-state index is 12.1. The summed E-state index contributed by atoms with van der Waals surface area (Å²) >= 11 is 0. The molecule has 0 saturated carbocycles. The molecular weight excluding hydrogens is 256 g/mol. The number of amides is 1. The zero-order valence-corrected chi connectivity index (χ0v) is 12.5. The number of rotatable bonds is 8. The van der Waals surface area contributed by atoms with E-state index in [4.69, 9.17) is 15.2 Å². The molecule has 20 heavy (non-hydrogen) atoms. The van der Waals surface area contributed by atoms with E-state index in [1.807, 2.05) is 26.0 Å². The second kappa shape index (κ2) is 8.43. The molecule has 0 heterocycles. The van der Waals surface area contributed by atoms with Crippen LogP contribution in [-0.2, 0) is 9.53 Å². The smallest absolute Gasteiger partial charge is 0.226 e. The van der Waals surface area contributed by atoms with Crippen molar-refractivity contribution in [1.82, 2.24) is 4.90 Å². The van der Waals surface area contributed by atoms with Crippen molar-refractivity contribution in [2.45, 2.75) is 26.3 Å². The highest BCUT2D eigenvalue weighted by molar-refractivity contribution is 5.76. The SMILES string of the molecule is COCCN(C(=O)CCOc1cccc(N)c1)C(C)C. The summed E-state index contributed by atoms with van der Waals surface area (Å²) in [7, 11) is 1.63. The van der Waals surface area contributed by atoms with E-state index in [1.165, 1.54) is 0 Å². The topological polar surface area (TPSA) is 64.8 Å². The van der Waals surface area contributed by atoms with Crippen LogP contribution in [0.5, 0.6) is 5.75 Å². The van der Waals surface area contributed by atoms with Gasteiger partial charge in [0.15, 0.2) is 0 Å². The third kappa shape index (κ3) is 5.48. The van der Waals surface area contributed by atoms with E-state index in [0.717, 1.165) is 0 Å². The second-order valence-electron chi connectivity index (χ2n) is 4.84. The highest BCUT2D eigenvalue weighted by Crippen LogP contribution is 2.14. The van der Waals surface area contributed by atoms with Crippen LogP contribution in [-0.4, -0.2) is 43.7 Å². The van der Waals surface area contributed by atoms with Crippen molar-refractivity contribution in [2.75, 3.05) is 32.6 Å². The Balaban J connectivity index is 2.41. The van der Waals surface area contributed by atoms with Gasteiger partial charge in [-0.1, -0.05) is 6.07 Å². The van der Waals surface area contributed by atoms with Gasteiger partial charge >= 0.3 is 0 Å². The minimum Gasteiger partial charge on any atom is -0.493 e. The van der Waals surface area contributed by atoms with Gasteiger partial charge in [0.05, 0.1) is 19.6 Å². The number of carbonyl (C=O) groups is 1. The molecule has 112 valence electrons. The van der Waals surface area contributed by atoms with Gasteiger partial charge in [-0.25, -0.2) is 0 Å². The molecule has 0 saturated heterocycles. The molecule has 0 spiro atoms. The molecule has 1 amide bonds. The summed E-state index contributed by atoms with van der Waals surface area (Å²) in [6.07, 6.45) is 0.344. The van der Waals surface area contributed by atoms with Crippen molar-refractivity contribution in [1.29, 1.82) is 0 Å². The molecule has 0 aromatic heterocycles. The lowest BCUT2D eigenvalue weighted by Crippen LogP contribution is -2.39. The minimum atomic E-state index is 0.0703. The zero-order valence-electron chi connectivity index (χ0n) is 12.5. The highest BCUT2D eigenvalue weighted by Gasteiger charge is 2.16. The predicted molar refractivity (Wildman–Crippen MR) is 79.7 cm³/mol. The van der Waals surface area contributed by atoms with Crippen molar-refractivity contribution in [3.05, 3.63) is 24.3 Å².